The minimum atomic E-state index is -1.07. The molecule has 37 heavy (non-hydrogen) atoms. The van der Waals surface area contributed by atoms with Crippen LogP contribution in [0.15, 0.2) is 35.2 Å². The average Bonchev–Trinajstić information content (AvgIpc) is 3.60. The summed E-state index contributed by atoms with van der Waals surface area (Å²) >= 11 is 0. The molecule has 14 heteroatoms. The van der Waals surface area contributed by atoms with Gasteiger partial charge in [0.05, 0.1) is 18.7 Å². The van der Waals surface area contributed by atoms with E-state index in [1.165, 1.54) is 16.9 Å². The maximum atomic E-state index is 11.0. The van der Waals surface area contributed by atoms with Crippen LogP contribution in [0.4, 0.5) is 17.7 Å². The lowest BCUT2D eigenvalue weighted by Gasteiger charge is -2.39. The second-order valence-electron chi connectivity index (χ2n) is 9.31. The SMILES string of the molecule is Nc1nc(N2CCC[C@@H](CN3CCN(c4cnc(C(=O)O)cn4)CC3)C2)nc2nc(-c3ccco3)nn12. The summed E-state index contributed by atoms with van der Waals surface area (Å²) in [5.74, 6) is 2.29. The summed E-state index contributed by atoms with van der Waals surface area (Å²) < 4.78 is 6.83. The number of nitrogens with two attached hydrogens (primary N) is 1. The number of hydrogen-bond donors (Lipinski definition) is 2. The minimum Gasteiger partial charge on any atom is -0.476 e. The molecule has 0 saturated carbocycles. The van der Waals surface area contributed by atoms with Crippen LogP contribution in [0.2, 0.25) is 0 Å². The number of carboxylic acid groups (broad SMARTS) is 1. The number of carbonyl (C=O) groups is 1. The smallest absolute Gasteiger partial charge is 0.356 e. The summed E-state index contributed by atoms with van der Waals surface area (Å²) in [4.78, 5) is 39.7. The van der Waals surface area contributed by atoms with Crippen molar-refractivity contribution in [3.05, 3.63) is 36.5 Å². The van der Waals surface area contributed by atoms with Crippen molar-refractivity contribution < 1.29 is 14.3 Å². The number of aromatic nitrogens is 7. The first-order valence-corrected chi connectivity index (χ1v) is 12.3. The Kier molecular flexibility index (Phi) is 6.00. The Morgan fingerprint density at radius 2 is 1.95 bits per heavy atom. The number of piperazine rings is 1. The molecule has 6 heterocycles. The number of anilines is 3. The summed E-state index contributed by atoms with van der Waals surface area (Å²) in [6, 6.07) is 3.57. The highest BCUT2D eigenvalue weighted by atomic mass is 16.4. The molecule has 0 amide bonds. The van der Waals surface area contributed by atoms with Crippen molar-refractivity contribution in [2.24, 2.45) is 5.92 Å². The van der Waals surface area contributed by atoms with Crippen LogP contribution < -0.4 is 15.5 Å². The van der Waals surface area contributed by atoms with E-state index in [1.807, 2.05) is 0 Å². The third-order valence-electron chi connectivity index (χ3n) is 6.84. The average molecular weight is 506 g/mol. The Hall–Kier alpha value is -4.33. The van der Waals surface area contributed by atoms with Crippen LogP contribution in [-0.4, -0.2) is 96.3 Å². The van der Waals surface area contributed by atoms with Crippen LogP contribution in [0.1, 0.15) is 23.3 Å². The van der Waals surface area contributed by atoms with Gasteiger partial charge in [-0.2, -0.15) is 19.5 Å². The topological polar surface area (TPSA) is 168 Å². The van der Waals surface area contributed by atoms with Gasteiger partial charge < -0.3 is 25.1 Å². The first-order valence-electron chi connectivity index (χ1n) is 12.3. The molecule has 2 aliphatic rings. The van der Waals surface area contributed by atoms with E-state index >= 15 is 0 Å². The van der Waals surface area contributed by atoms with E-state index in [0.29, 0.717) is 35.0 Å². The van der Waals surface area contributed by atoms with Crippen LogP contribution in [0.25, 0.3) is 17.4 Å². The zero-order valence-corrected chi connectivity index (χ0v) is 20.1. The van der Waals surface area contributed by atoms with Gasteiger partial charge in [0.2, 0.25) is 17.7 Å². The van der Waals surface area contributed by atoms with E-state index in [1.54, 1.807) is 18.4 Å². The predicted octanol–water partition coefficient (Wildman–Crippen LogP) is 0.888. The second kappa shape index (κ2) is 9.61. The molecule has 0 unspecified atom stereocenters. The fourth-order valence-electron chi connectivity index (χ4n) is 4.96. The first kappa shape index (κ1) is 23.1. The summed E-state index contributed by atoms with van der Waals surface area (Å²) in [5.41, 5.74) is 6.15. The summed E-state index contributed by atoms with van der Waals surface area (Å²) in [6.45, 7) is 6.14. The van der Waals surface area contributed by atoms with Gasteiger partial charge in [0.25, 0.3) is 5.78 Å². The summed E-state index contributed by atoms with van der Waals surface area (Å²) in [6.07, 6.45) is 6.61. The molecule has 3 N–H and O–H groups in total. The maximum absolute atomic E-state index is 11.0. The van der Waals surface area contributed by atoms with E-state index in [0.717, 1.165) is 58.7 Å². The molecule has 2 aliphatic heterocycles. The fourth-order valence-corrected chi connectivity index (χ4v) is 4.96. The zero-order chi connectivity index (χ0) is 25.4. The van der Waals surface area contributed by atoms with Crippen LogP contribution in [0.5, 0.6) is 0 Å². The summed E-state index contributed by atoms with van der Waals surface area (Å²) in [5, 5.41) is 13.4. The van der Waals surface area contributed by atoms with Crippen molar-refractivity contribution in [3.8, 4) is 11.6 Å². The van der Waals surface area contributed by atoms with Crippen LogP contribution >= 0.6 is 0 Å². The number of furan rings is 1. The predicted molar refractivity (Wildman–Crippen MR) is 133 cm³/mol. The highest BCUT2D eigenvalue weighted by Gasteiger charge is 2.27. The van der Waals surface area contributed by atoms with Gasteiger partial charge in [0.1, 0.15) is 5.82 Å². The molecule has 0 radical (unpaired) electrons. The molecule has 0 spiro atoms. The molecular weight excluding hydrogens is 478 g/mol. The normalized spacial score (nSPS) is 19.0. The molecule has 0 aliphatic carbocycles. The van der Waals surface area contributed by atoms with Gasteiger partial charge in [-0.25, -0.2) is 14.8 Å². The molecule has 2 fully saturated rings. The highest BCUT2D eigenvalue weighted by molar-refractivity contribution is 5.84. The van der Waals surface area contributed by atoms with Gasteiger partial charge in [0.15, 0.2) is 11.5 Å². The molecule has 14 nitrogen and oxygen atoms in total. The van der Waals surface area contributed by atoms with Crippen LogP contribution in [-0.2, 0) is 0 Å². The molecule has 1 atom stereocenters. The lowest BCUT2D eigenvalue weighted by molar-refractivity contribution is 0.0690. The van der Waals surface area contributed by atoms with Crippen molar-refractivity contribution in [1.29, 1.82) is 0 Å². The van der Waals surface area contributed by atoms with Gasteiger partial charge in [-0.05, 0) is 30.9 Å². The van der Waals surface area contributed by atoms with Gasteiger partial charge in [-0.3, -0.25) is 4.90 Å². The third-order valence-corrected chi connectivity index (χ3v) is 6.84. The second-order valence-corrected chi connectivity index (χ2v) is 9.31. The van der Waals surface area contributed by atoms with Gasteiger partial charge in [0, 0.05) is 45.8 Å². The lowest BCUT2D eigenvalue weighted by atomic mass is 9.97. The summed E-state index contributed by atoms with van der Waals surface area (Å²) in [7, 11) is 0. The quantitative estimate of drug-likeness (QED) is 0.379. The van der Waals surface area contributed by atoms with Gasteiger partial charge in [-0.1, -0.05) is 0 Å². The number of nitrogens with zero attached hydrogens (tertiary/aromatic N) is 10. The Labute approximate surface area is 211 Å². The standard InChI is InChI=1S/C23H27N11O3/c24-21-28-22(29-23-27-19(30-34(21)23)17-4-2-10-37-17)33-5-1-3-15(14-33)13-31-6-8-32(9-7-31)18-12-25-16(11-26-18)20(35)36/h2,4,10-12,15H,1,3,5-9,13-14H2,(H,35,36)(H2,24,27,28,29,30)/t15-/m0/s1. The van der Waals surface area contributed by atoms with Crippen LogP contribution in [0, 0.1) is 5.92 Å². The molecular formula is C23H27N11O3. The van der Waals surface area contributed by atoms with Crippen molar-refractivity contribution in [2.45, 2.75) is 12.8 Å². The van der Waals surface area contributed by atoms with Crippen molar-refractivity contribution in [1.82, 2.24) is 39.4 Å². The minimum absolute atomic E-state index is 0.0453. The number of carboxylic acids is 1. The molecule has 192 valence electrons. The number of aromatic carboxylic acids is 1. The van der Waals surface area contributed by atoms with Crippen molar-refractivity contribution in [2.75, 3.05) is 61.3 Å². The molecule has 0 aromatic carbocycles. The van der Waals surface area contributed by atoms with E-state index < -0.39 is 5.97 Å². The number of piperidine rings is 1. The molecule has 4 aromatic heterocycles. The Bertz CT molecular complexity index is 1380. The van der Waals surface area contributed by atoms with Crippen molar-refractivity contribution in [3.63, 3.8) is 0 Å². The Balaban J connectivity index is 1.08. The molecule has 2 saturated heterocycles. The number of nitrogen functional groups attached to an aromatic ring is 1. The van der Waals surface area contributed by atoms with E-state index in [-0.39, 0.29) is 11.6 Å². The Morgan fingerprint density at radius 3 is 2.68 bits per heavy atom. The zero-order valence-electron chi connectivity index (χ0n) is 20.1. The largest absolute Gasteiger partial charge is 0.476 e. The monoisotopic (exact) mass is 505 g/mol. The van der Waals surface area contributed by atoms with Crippen LogP contribution in [0.3, 0.4) is 0 Å². The maximum Gasteiger partial charge on any atom is 0.356 e. The first-order chi connectivity index (χ1) is 18.0. The third kappa shape index (κ3) is 4.74. The highest BCUT2D eigenvalue weighted by Crippen LogP contribution is 2.24. The number of hydrogen-bond acceptors (Lipinski definition) is 12. The molecule has 4 aromatic rings. The molecule has 6 rings (SSSR count). The van der Waals surface area contributed by atoms with E-state index in [9.17, 15) is 4.79 Å². The lowest BCUT2D eigenvalue weighted by Crippen LogP contribution is -2.50. The molecule has 0 bridgehead atoms. The van der Waals surface area contributed by atoms with Gasteiger partial charge >= 0.3 is 5.97 Å². The fraction of sp³-hybridized carbons (Fsp3) is 0.435. The number of fused-ring (bicyclic) bond motifs is 1. The Morgan fingerprint density at radius 1 is 1.08 bits per heavy atom. The van der Waals surface area contributed by atoms with E-state index in [4.69, 9.17) is 15.3 Å². The van der Waals surface area contributed by atoms with Crippen molar-refractivity contribution >= 4 is 29.5 Å². The number of rotatable bonds is 6. The van der Waals surface area contributed by atoms with E-state index in [2.05, 4.69) is 44.7 Å². The van der Waals surface area contributed by atoms with Gasteiger partial charge in [-0.15, -0.1) is 5.10 Å².